The number of nitrogens with zero attached hydrogens (tertiary/aromatic N) is 6. The maximum atomic E-state index is 11.5. The van der Waals surface area contributed by atoms with Gasteiger partial charge in [-0.1, -0.05) is 47.5 Å². The highest BCUT2D eigenvalue weighted by atomic mass is 16.4. The van der Waals surface area contributed by atoms with Crippen molar-refractivity contribution in [3.8, 4) is 0 Å². The van der Waals surface area contributed by atoms with Crippen molar-refractivity contribution in [3.05, 3.63) is 166 Å². The second-order valence-corrected chi connectivity index (χ2v) is 16.3. The molecule has 62 heavy (non-hydrogen) atoms. The van der Waals surface area contributed by atoms with E-state index in [1.165, 1.54) is 69.3 Å². The van der Waals surface area contributed by atoms with Gasteiger partial charge in [-0.05, 0) is 124 Å². The van der Waals surface area contributed by atoms with Gasteiger partial charge in [0.2, 0.25) is 0 Å². The maximum Gasteiger partial charge on any atom is 0.337 e. The predicted molar refractivity (Wildman–Crippen MR) is 249 cm³/mol. The van der Waals surface area contributed by atoms with Crippen LogP contribution >= 0.6 is 0 Å². The fourth-order valence-corrected chi connectivity index (χ4v) is 8.29. The van der Waals surface area contributed by atoms with Gasteiger partial charge in [0.05, 0.1) is 47.0 Å². The van der Waals surface area contributed by atoms with Crippen LogP contribution in [0.1, 0.15) is 66.2 Å². The van der Waals surface area contributed by atoms with E-state index >= 15 is 0 Å². The number of fused-ring (bicyclic) bond motifs is 2. The second-order valence-electron chi connectivity index (χ2n) is 16.3. The Kier molecular flexibility index (Phi) is 13.5. The molecule has 2 aromatic heterocycles. The Labute approximate surface area is 364 Å². The Morgan fingerprint density at radius 2 is 0.968 bits per heavy atom. The van der Waals surface area contributed by atoms with Gasteiger partial charge in [0.1, 0.15) is 0 Å². The van der Waals surface area contributed by atoms with Crippen molar-refractivity contribution in [1.29, 1.82) is 0 Å². The van der Waals surface area contributed by atoms with Crippen LogP contribution in [0.3, 0.4) is 0 Å². The van der Waals surface area contributed by atoms with Crippen molar-refractivity contribution < 1.29 is 19.8 Å². The molecule has 0 fully saturated rings. The molecule has 4 aromatic carbocycles. The number of pyridine rings is 2. The quantitative estimate of drug-likeness (QED) is 0.0937. The minimum Gasteiger partial charge on any atom is -0.478 e. The number of carboxylic acids is 2. The first-order chi connectivity index (χ1) is 29.9. The first-order valence-corrected chi connectivity index (χ1v) is 21.0. The van der Waals surface area contributed by atoms with E-state index in [9.17, 15) is 19.8 Å². The molecule has 2 atom stereocenters. The lowest BCUT2D eigenvalue weighted by Gasteiger charge is -2.35. The lowest BCUT2D eigenvalue weighted by molar-refractivity contribution is 0.0687. The molecule has 4 N–H and O–H groups in total. The Bertz CT molecular complexity index is 2340. The van der Waals surface area contributed by atoms with Gasteiger partial charge in [-0.2, -0.15) is 0 Å². The normalized spacial score (nSPS) is 15.9. The minimum absolute atomic E-state index is 0.157. The molecule has 320 valence electrons. The van der Waals surface area contributed by atoms with Crippen LogP contribution < -0.4 is 20.4 Å². The van der Waals surface area contributed by atoms with Crippen LogP contribution in [0.15, 0.2) is 122 Å². The SMILES string of the molecule is Cc1ccc(N(C)c2ccc3c(c2)CCN(C)[C@@H]3CNc2cnccc2C(=O)O)cc1.Cc1ccc(N(C)c2ccc3c(c2)CCN(C)[C@H]3CNc2cnccc2C(=O)O)cc1. The molecular weight excluding hydrogens is 777 g/mol. The number of carboxylic acid groups (broad SMARTS) is 2. The fourth-order valence-electron chi connectivity index (χ4n) is 8.29. The Morgan fingerprint density at radius 1 is 0.597 bits per heavy atom. The molecule has 12 nitrogen and oxygen atoms in total. The Balaban J connectivity index is 0.000000186. The number of aryl methyl sites for hydroxylation is 2. The number of rotatable bonds is 12. The second kappa shape index (κ2) is 19.3. The average molecular weight is 833 g/mol. The van der Waals surface area contributed by atoms with Crippen molar-refractivity contribution in [2.45, 2.75) is 38.8 Å². The van der Waals surface area contributed by atoms with Crippen molar-refractivity contribution in [1.82, 2.24) is 19.8 Å². The maximum absolute atomic E-state index is 11.5. The van der Waals surface area contributed by atoms with Crippen LogP contribution in [0.5, 0.6) is 0 Å². The number of aromatic carboxylic acids is 2. The van der Waals surface area contributed by atoms with Crippen molar-refractivity contribution in [2.24, 2.45) is 0 Å². The summed E-state index contributed by atoms with van der Waals surface area (Å²) in [7, 11) is 8.42. The number of anilines is 6. The first-order valence-electron chi connectivity index (χ1n) is 21.0. The molecule has 0 saturated heterocycles. The standard InChI is InChI=1S/2C25H28N4O2/c2*1-17-4-6-19(7-5-17)29(3)20-8-9-21-18(14-20)11-13-28(2)24(21)16-27-23-15-26-12-10-22(23)25(30)31/h2*4-10,12,14-15,24,27H,11,13,16H2,1-3H3,(H,30,31)/t2*24-/m10/s1. The van der Waals surface area contributed by atoms with Gasteiger partial charge in [-0.3, -0.25) is 19.8 Å². The van der Waals surface area contributed by atoms with Gasteiger partial charge in [-0.25, -0.2) is 9.59 Å². The lowest BCUT2D eigenvalue weighted by Crippen LogP contribution is -2.36. The molecule has 2 aliphatic heterocycles. The molecule has 0 amide bonds. The minimum atomic E-state index is -0.953. The monoisotopic (exact) mass is 832 g/mol. The Hall–Kier alpha value is -6.76. The van der Waals surface area contributed by atoms with Crippen molar-refractivity contribution in [3.63, 3.8) is 0 Å². The lowest BCUT2D eigenvalue weighted by atomic mass is 9.92. The van der Waals surface area contributed by atoms with Crippen LogP contribution in [0.4, 0.5) is 34.1 Å². The molecule has 0 bridgehead atoms. The van der Waals surface area contributed by atoms with Crippen LogP contribution in [0.2, 0.25) is 0 Å². The van der Waals surface area contributed by atoms with Gasteiger partial charge in [-0.15, -0.1) is 0 Å². The molecule has 2 aliphatic rings. The van der Waals surface area contributed by atoms with Gasteiger partial charge < -0.3 is 30.6 Å². The number of hydrogen-bond acceptors (Lipinski definition) is 10. The topological polar surface area (TPSA) is 137 Å². The van der Waals surface area contributed by atoms with Crippen LogP contribution in [0, 0.1) is 13.8 Å². The summed E-state index contributed by atoms with van der Waals surface area (Å²) in [6.45, 7) is 7.33. The largest absolute Gasteiger partial charge is 0.478 e. The number of likely N-dealkylation sites (N-methyl/N-ethyl adjacent to an activating group) is 2. The summed E-state index contributed by atoms with van der Waals surface area (Å²) < 4.78 is 0. The Morgan fingerprint density at radius 3 is 1.34 bits per heavy atom. The summed E-state index contributed by atoms with van der Waals surface area (Å²) in [6, 6.07) is 33.8. The van der Waals surface area contributed by atoms with E-state index < -0.39 is 11.9 Å². The van der Waals surface area contributed by atoms with Gasteiger partial charge >= 0.3 is 11.9 Å². The number of carbonyl (C=O) groups is 2. The molecule has 8 rings (SSSR count). The smallest absolute Gasteiger partial charge is 0.337 e. The van der Waals surface area contributed by atoms with Crippen LogP contribution in [0.25, 0.3) is 0 Å². The van der Waals surface area contributed by atoms with E-state index in [-0.39, 0.29) is 23.2 Å². The highest BCUT2D eigenvalue weighted by molar-refractivity contribution is 5.94. The number of nitrogens with one attached hydrogen (secondary N) is 2. The molecule has 0 spiro atoms. The van der Waals surface area contributed by atoms with E-state index in [0.29, 0.717) is 24.5 Å². The van der Waals surface area contributed by atoms with Gasteiger partial charge in [0.15, 0.2) is 0 Å². The summed E-state index contributed by atoms with van der Waals surface area (Å²) in [4.78, 5) is 40.2. The van der Waals surface area contributed by atoms with Crippen molar-refractivity contribution >= 4 is 46.1 Å². The van der Waals surface area contributed by atoms with Gasteiger partial charge in [0, 0.05) is 75.4 Å². The third-order valence-electron chi connectivity index (χ3n) is 12.2. The van der Waals surface area contributed by atoms with E-state index in [4.69, 9.17) is 0 Å². The molecule has 6 aromatic rings. The summed E-state index contributed by atoms with van der Waals surface area (Å²) in [6.07, 6.45) is 8.14. The highest BCUT2D eigenvalue weighted by Gasteiger charge is 2.27. The molecule has 12 heteroatoms. The molecule has 0 unspecified atom stereocenters. The summed E-state index contributed by atoms with van der Waals surface area (Å²) in [5, 5.41) is 25.5. The summed E-state index contributed by atoms with van der Waals surface area (Å²) in [5.74, 6) is -1.91. The number of hydrogen-bond donors (Lipinski definition) is 4. The number of benzene rings is 4. The fraction of sp³-hybridized carbons (Fsp3) is 0.280. The van der Waals surface area contributed by atoms with E-state index in [1.54, 1.807) is 12.4 Å². The summed E-state index contributed by atoms with van der Waals surface area (Å²) in [5.41, 5.74) is 14.0. The van der Waals surface area contributed by atoms with E-state index in [2.05, 4.69) is 167 Å². The molecule has 4 heterocycles. The first kappa shape index (κ1) is 43.3. The number of aromatic nitrogens is 2. The molecule has 0 saturated carbocycles. The predicted octanol–water partition coefficient (Wildman–Crippen LogP) is 8.99. The van der Waals surface area contributed by atoms with Gasteiger partial charge in [0.25, 0.3) is 0 Å². The average Bonchev–Trinajstić information content (AvgIpc) is 3.28. The highest BCUT2D eigenvalue weighted by Crippen LogP contribution is 2.35. The third-order valence-corrected chi connectivity index (χ3v) is 12.2. The zero-order valence-electron chi connectivity index (χ0n) is 36.3. The van der Waals surface area contributed by atoms with Crippen molar-refractivity contribution in [2.75, 3.05) is 74.8 Å². The van der Waals surface area contributed by atoms with E-state index in [0.717, 1.165) is 37.3 Å². The zero-order chi connectivity index (χ0) is 43.9. The van der Waals surface area contributed by atoms with Crippen LogP contribution in [-0.2, 0) is 12.8 Å². The van der Waals surface area contributed by atoms with E-state index in [1.807, 2.05) is 0 Å². The molecule has 0 radical (unpaired) electrons. The zero-order valence-corrected chi connectivity index (χ0v) is 36.3. The summed E-state index contributed by atoms with van der Waals surface area (Å²) >= 11 is 0. The third kappa shape index (κ3) is 9.88. The molecule has 0 aliphatic carbocycles. The molecular formula is C50H56N8O4. The van der Waals surface area contributed by atoms with Crippen LogP contribution in [-0.4, -0.2) is 96.3 Å².